The van der Waals surface area contributed by atoms with E-state index in [0.29, 0.717) is 30.9 Å². The van der Waals surface area contributed by atoms with Crippen molar-refractivity contribution >= 4 is 11.2 Å². The van der Waals surface area contributed by atoms with Gasteiger partial charge in [-0.05, 0) is 24.0 Å². The third-order valence-corrected chi connectivity index (χ3v) is 7.77. The lowest BCUT2D eigenvalue weighted by molar-refractivity contribution is -0.217. The number of rotatable bonds is 7. The van der Waals surface area contributed by atoms with Crippen LogP contribution in [0.25, 0.3) is 11.2 Å². The van der Waals surface area contributed by atoms with Crippen LogP contribution in [0, 0.1) is 0 Å². The second-order valence-corrected chi connectivity index (χ2v) is 10.3. The number of aromatic nitrogens is 4. The van der Waals surface area contributed by atoms with Crippen molar-refractivity contribution in [2.45, 2.75) is 69.2 Å². The lowest BCUT2D eigenvalue weighted by Crippen LogP contribution is -2.34. The molecule has 1 aliphatic carbocycles. The fourth-order valence-electron chi connectivity index (χ4n) is 5.90. The van der Waals surface area contributed by atoms with E-state index in [1.165, 1.54) is 0 Å². The summed E-state index contributed by atoms with van der Waals surface area (Å²) in [6.07, 6.45) is 5.66. The molecule has 2 aliphatic heterocycles. The van der Waals surface area contributed by atoms with Crippen LogP contribution >= 0.6 is 0 Å². The SMILES string of the molecule is O=c1c2ncn([C@@H]3O[C@H](COCc4ccccc4)[C@H]4OC5(CCCC5)O[C@H]43)c2ncn1Cc1ccccc1. The molecule has 1 spiro atoms. The molecule has 0 N–H and O–H groups in total. The summed E-state index contributed by atoms with van der Waals surface area (Å²) >= 11 is 0. The van der Waals surface area contributed by atoms with Crippen LogP contribution in [0.3, 0.4) is 0 Å². The van der Waals surface area contributed by atoms with Crippen molar-refractivity contribution in [2.24, 2.45) is 0 Å². The van der Waals surface area contributed by atoms with Crippen LogP contribution in [-0.2, 0) is 32.1 Å². The van der Waals surface area contributed by atoms with Crippen LogP contribution in [-0.4, -0.2) is 49.8 Å². The summed E-state index contributed by atoms with van der Waals surface area (Å²) in [6.45, 7) is 1.29. The van der Waals surface area contributed by atoms with Crippen molar-refractivity contribution < 1.29 is 18.9 Å². The number of hydrogen-bond acceptors (Lipinski definition) is 7. The molecule has 4 heterocycles. The zero-order valence-electron chi connectivity index (χ0n) is 21.0. The fourth-order valence-corrected chi connectivity index (χ4v) is 5.90. The number of imidazole rings is 1. The molecule has 2 aromatic carbocycles. The zero-order valence-corrected chi connectivity index (χ0v) is 21.0. The number of benzene rings is 2. The van der Waals surface area contributed by atoms with E-state index in [0.717, 1.165) is 36.8 Å². The highest BCUT2D eigenvalue weighted by molar-refractivity contribution is 5.69. The molecule has 2 saturated heterocycles. The molecule has 0 amide bonds. The van der Waals surface area contributed by atoms with Crippen LogP contribution in [0.5, 0.6) is 0 Å². The van der Waals surface area contributed by atoms with Gasteiger partial charge in [-0.15, -0.1) is 0 Å². The maximum atomic E-state index is 13.3. The zero-order chi connectivity index (χ0) is 25.5. The fraction of sp³-hybridized carbons (Fsp3) is 0.414. The van der Waals surface area contributed by atoms with Crippen LogP contribution < -0.4 is 5.56 Å². The first kappa shape index (κ1) is 23.7. The van der Waals surface area contributed by atoms with Gasteiger partial charge in [-0.2, -0.15) is 0 Å². The Morgan fingerprint density at radius 3 is 2.37 bits per heavy atom. The normalized spacial score (nSPS) is 25.9. The summed E-state index contributed by atoms with van der Waals surface area (Å²) in [6, 6.07) is 19.9. The molecule has 9 nitrogen and oxygen atoms in total. The van der Waals surface area contributed by atoms with E-state index < -0.39 is 12.0 Å². The molecule has 2 aromatic heterocycles. The van der Waals surface area contributed by atoms with Gasteiger partial charge in [0.05, 0.1) is 26.1 Å². The minimum atomic E-state index is -0.568. The average molecular weight is 515 g/mol. The predicted octanol–water partition coefficient (Wildman–Crippen LogP) is 3.81. The summed E-state index contributed by atoms with van der Waals surface area (Å²) in [5, 5.41) is 0. The Morgan fingerprint density at radius 1 is 0.895 bits per heavy atom. The lowest BCUT2D eigenvalue weighted by atomic mass is 10.1. The summed E-state index contributed by atoms with van der Waals surface area (Å²) in [4.78, 5) is 22.3. The molecular weight excluding hydrogens is 484 g/mol. The van der Waals surface area contributed by atoms with Gasteiger partial charge in [0, 0.05) is 12.8 Å². The van der Waals surface area contributed by atoms with Gasteiger partial charge in [-0.1, -0.05) is 60.7 Å². The van der Waals surface area contributed by atoms with Gasteiger partial charge in [0.1, 0.15) is 24.6 Å². The van der Waals surface area contributed by atoms with Crippen LogP contribution in [0.15, 0.2) is 78.1 Å². The Hall–Kier alpha value is -3.37. The van der Waals surface area contributed by atoms with Gasteiger partial charge in [-0.25, -0.2) is 9.97 Å². The van der Waals surface area contributed by atoms with Crippen LogP contribution in [0.2, 0.25) is 0 Å². The molecule has 38 heavy (non-hydrogen) atoms. The molecule has 0 unspecified atom stereocenters. The highest BCUT2D eigenvalue weighted by Gasteiger charge is 2.59. The second kappa shape index (κ2) is 9.74. The summed E-state index contributed by atoms with van der Waals surface area (Å²) in [5.74, 6) is -0.568. The van der Waals surface area contributed by atoms with Crippen molar-refractivity contribution in [3.8, 4) is 0 Å². The molecule has 7 rings (SSSR count). The van der Waals surface area contributed by atoms with E-state index in [-0.39, 0.29) is 23.9 Å². The maximum absolute atomic E-state index is 13.3. The third kappa shape index (κ3) is 4.25. The smallest absolute Gasteiger partial charge is 0.281 e. The Bertz CT molecular complexity index is 1460. The Labute approximate surface area is 219 Å². The lowest BCUT2D eigenvalue weighted by Gasteiger charge is -2.27. The van der Waals surface area contributed by atoms with E-state index in [1.807, 2.05) is 65.2 Å². The summed E-state index contributed by atoms with van der Waals surface area (Å²) in [7, 11) is 0. The van der Waals surface area contributed by atoms with Crippen molar-refractivity contribution in [2.75, 3.05) is 6.61 Å². The first-order valence-electron chi connectivity index (χ1n) is 13.3. The van der Waals surface area contributed by atoms with Crippen molar-refractivity contribution in [1.82, 2.24) is 19.1 Å². The quantitative estimate of drug-likeness (QED) is 0.371. The van der Waals surface area contributed by atoms with Gasteiger partial charge in [0.2, 0.25) is 0 Å². The largest absolute Gasteiger partial charge is 0.374 e. The monoisotopic (exact) mass is 514 g/mol. The average Bonchev–Trinajstić information content (AvgIpc) is 3.73. The van der Waals surface area contributed by atoms with E-state index >= 15 is 0 Å². The molecule has 3 fully saturated rings. The minimum Gasteiger partial charge on any atom is -0.374 e. The highest BCUT2D eigenvalue weighted by Crippen LogP contribution is 2.49. The molecule has 0 bridgehead atoms. The van der Waals surface area contributed by atoms with E-state index in [9.17, 15) is 4.79 Å². The van der Waals surface area contributed by atoms with Crippen LogP contribution in [0.4, 0.5) is 0 Å². The molecule has 4 aromatic rings. The summed E-state index contributed by atoms with van der Waals surface area (Å²) < 4.78 is 29.1. The Balaban J connectivity index is 1.15. The first-order valence-corrected chi connectivity index (χ1v) is 13.3. The van der Waals surface area contributed by atoms with Gasteiger partial charge in [-0.3, -0.25) is 13.9 Å². The number of hydrogen-bond donors (Lipinski definition) is 0. The van der Waals surface area contributed by atoms with Gasteiger partial charge in [0.15, 0.2) is 23.2 Å². The van der Waals surface area contributed by atoms with Crippen LogP contribution in [0.1, 0.15) is 43.0 Å². The standard InChI is InChI=1S/C29H30N4O5/c34-27-23-26(31-18-32(27)15-20-9-3-1-4-10-20)33(19-30-23)28-25-24(37-29(38-25)13-7-8-14-29)22(36-28)17-35-16-21-11-5-2-6-12-21/h1-6,9-12,18-19,22,24-25,28H,7-8,13-17H2/t22-,24-,25-,28-/m1/s1. The topological polar surface area (TPSA) is 89.6 Å². The van der Waals surface area contributed by atoms with Crippen molar-refractivity contribution in [3.63, 3.8) is 0 Å². The molecular formula is C29H30N4O5. The highest BCUT2D eigenvalue weighted by atomic mass is 16.8. The molecule has 0 radical (unpaired) electrons. The van der Waals surface area contributed by atoms with Crippen molar-refractivity contribution in [1.29, 1.82) is 0 Å². The molecule has 196 valence electrons. The van der Waals surface area contributed by atoms with Gasteiger partial charge < -0.3 is 18.9 Å². The first-order chi connectivity index (χ1) is 18.7. The summed E-state index contributed by atoms with van der Waals surface area (Å²) in [5.41, 5.74) is 2.72. The van der Waals surface area contributed by atoms with E-state index in [2.05, 4.69) is 9.97 Å². The molecule has 9 heteroatoms. The molecule has 3 aliphatic rings. The number of fused-ring (bicyclic) bond motifs is 2. The minimum absolute atomic E-state index is 0.189. The Kier molecular flexibility index (Phi) is 6.08. The second-order valence-electron chi connectivity index (χ2n) is 10.3. The number of nitrogens with zero attached hydrogens (tertiary/aromatic N) is 4. The van der Waals surface area contributed by atoms with Crippen molar-refractivity contribution in [3.05, 3.63) is 94.8 Å². The predicted molar refractivity (Wildman–Crippen MR) is 138 cm³/mol. The van der Waals surface area contributed by atoms with E-state index in [1.54, 1.807) is 17.2 Å². The van der Waals surface area contributed by atoms with E-state index in [4.69, 9.17) is 18.9 Å². The number of ether oxygens (including phenoxy) is 4. The molecule has 4 atom stereocenters. The third-order valence-electron chi connectivity index (χ3n) is 7.77. The van der Waals surface area contributed by atoms with Gasteiger partial charge >= 0.3 is 0 Å². The maximum Gasteiger partial charge on any atom is 0.281 e. The molecule has 1 saturated carbocycles. The van der Waals surface area contributed by atoms with Gasteiger partial charge in [0.25, 0.3) is 5.56 Å². The Morgan fingerprint density at radius 2 is 1.61 bits per heavy atom.